The molecule has 0 aromatic rings. The molecule has 0 saturated heterocycles. The molecule has 0 aliphatic carbocycles. The molecule has 0 aromatic carbocycles. The molecule has 0 unspecified atom stereocenters. The molecule has 0 aliphatic heterocycles. The van der Waals surface area contributed by atoms with Crippen LogP contribution in [0.5, 0.6) is 0 Å². The van der Waals surface area contributed by atoms with Crippen LogP contribution in [0.3, 0.4) is 0 Å². The second kappa shape index (κ2) is 28.4. The molecule has 2 N–H and O–H groups in total. The summed E-state index contributed by atoms with van der Waals surface area (Å²) >= 11 is -0.0720. The van der Waals surface area contributed by atoms with Gasteiger partial charge in [-0.2, -0.15) is 0 Å². The first-order valence-corrected chi connectivity index (χ1v) is 14.5. The molecule has 0 atom stereocenters. The predicted octanol–water partition coefficient (Wildman–Crippen LogP) is 6.81. The first kappa shape index (κ1) is 29.3. The Morgan fingerprint density at radius 2 is 0.840 bits per heavy atom. The number of carboxylic acids is 2. The molecular weight excluding hydrogens is 370 g/mol. The fraction of sp³-hybridized carbons (Fsp3) is 0.900. The van der Waals surface area contributed by atoms with E-state index >= 15 is 0 Å². The third-order valence-corrected chi connectivity index (χ3v) is 7.90. The Bertz CT molecular complexity index is 236. The van der Waals surface area contributed by atoms with Crippen molar-refractivity contribution in [3.8, 4) is 0 Å². The zero-order valence-electron chi connectivity index (χ0n) is 17.3. The van der Waals surface area contributed by atoms with Crippen molar-refractivity contribution in [1.29, 1.82) is 0 Å². The van der Waals surface area contributed by atoms with Gasteiger partial charge in [-0.15, -0.1) is 0 Å². The van der Waals surface area contributed by atoms with Gasteiger partial charge in [-0.3, -0.25) is 9.59 Å². The Kier molecular flexibility index (Phi) is 33.3. The van der Waals surface area contributed by atoms with Crippen molar-refractivity contribution in [2.24, 2.45) is 0 Å². The van der Waals surface area contributed by atoms with Crippen molar-refractivity contribution in [1.82, 2.24) is 0 Å². The van der Waals surface area contributed by atoms with Crippen molar-refractivity contribution in [3.63, 3.8) is 0 Å². The van der Waals surface area contributed by atoms with E-state index in [-0.39, 0.29) is 17.1 Å². The molecule has 148 valence electrons. The molecule has 0 saturated carbocycles. The average molecular weight is 412 g/mol. The minimum absolute atomic E-state index is 0.0720. The van der Waals surface area contributed by atoms with Crippen LogP contribution < -0.4 is 0 Å². The summed E-state index contributed by atoms with van der Waals surface area (Å²) in [5.74, 6) is -1.67. The zero-order chi connectivity index (χ0) is 19.8. The molecule has 0 amide bonds. The van der Waals surface area contributed by atoms with E-state index in [4.69, 9.17) is 19.8 Å². The number of carbonyl (C=O) groups is 2. The topological polar surface area (TPSA) is 74.6 Å². The number of hydrogen-bond donors (Lipinski definition) is 2. The first-order valence-electron chi connectivity index (χ1n) is 10.3. The van der Waals surface area contributed by atoms with Crippen molar-refractivity contribution in [2.45, 2.75) is 115 Å². The van der Waals surface area contributed by atoms with Gasteiger partial charge in [0.25, 0.3) is 11.9 Å². The van der Waals surface area contributed by atoms with Gasteiger partial charge < -0.3 is 10.2 Å². The summed E-state index contributed by atoms with van der Waals surface area (Å²) < 4.78 is 0. The summed E-state index contributed by atoms with van der Waals surface area (Å²) in [5.41, 5.74) is 0. The van der Waals surface area contributed by atoms with E-state index in [9.17, 15) is 0 Å². The molecule has 0 bridgehead atoms. The van der Waals surface area contributed by atoms with Crippen LogP contribution in [-0.2, 0) is 26.7 Å². The van der Waals surface area contributed by atoms with Gasteiger partial charge in [0.1, 0.15) is 0 Å². The predicted molar refractivity (Wildman–Crippen MR) is 103 cm³/mol. The van der Waals surface area contributed by atoms with Gasteiger partial charge in [-0.1, -0.05) is 0 Å². The van der Waals surface area contributed by atoms with E-state index in [0.717, 1.165) is 13.8 Å². The van der Waals surface area contributed by atoms with E-state index in [0.29, 0.717) is 0 Å². The van der Waals surface area contributed by atoms with E-state index in [2.05, 4.69) is 13.8 Å². The SMILES string of the molecule is CC(=O)O.CC(=O)O.CCCCCCC[CH2][Zn][CH2]CCCCCCC. The van der Waals surface area contributed by atoms with Crippen LogP contribution in [0.2, 0.25) is 10.0 Å². The molecule has 0 aromatic heterocycles. The van der Waals surface area contributed by atoms with Crippen molar-refractivity contribution in [2.75, 3.05) is 0 Å². The Balaban J connectivity index is -0.000000503. The molecule has 0 rings (SSSR count). The Hall–Kier alpha value is -0.437. The molecule has 0 fully saturated rings. The molecule has 0 aliphatic rings. The number of carboxylic acid groups (broad SMARTS) is 2. The first-order chi connectivity index (χ1) is 11.9. The molecule has 4 nitrogen and oxygen atoms in total. The van der Waals surface area contributed by atoms with Crippen LogP contribution in [0.4, 0.5) is 0 Å². The number of unbranched alkanes of at least 4 members (excludes halogenated alkanes) is 10. The summed E-state index contributed by atoms with van der Waals surface area (Å²) in [6.07, 6.45) is 17.9. The molecular formula is C20H42O4Zn. The molecule has 0 radical (unpaired) electrons. The molecule has 0 heterocycles. The Morgan fingerprint density at radius 1 is 0.600 bits per heavy atom. The second-order valence-corrected chi connectivity index (χ2v) is 11.1. The summed E-state index contributed by atoms with van der Waals surface area (Å²) in [5, 5.41) is 18.2. The average Bonchev–Trinajstić information content (AvgIpc) is 2.51. The molecule has 0 spiro atoms. The van der Waals surface area contributed by atoms with Gasteiger partial charge in [-0.05, 0) is 0 Å². The summed E-state index contributed by atoms with van der Waals surface area (Å²) in [7, 11) is 0. The van der Waals surface area contributed by atoms with Crippen LogP contribution in [-0.4, -0.2) is 22.2 Å². The van der Waals surface area contributed by atoms with E-state index in [1.807, 2.05) is 0 Å². The van der Waals surface area contributed by atoms with Crippen molar-refractivity contribution < 1.29 is 36.9 Å². The van der Waals surface area contributed by atoms with Gasteiger partial charge in [0, 0.05) is 13.8 Å². The van der Waals surface area contributed by atoms with Crippen molar-refractivity contribution >= 4 is 11.9 Å². The maximum absolute atomic E-state index is 9.00. The van der Waals surface area contributed by atoms with Gasteiger partial charge >= 0.3 is 118 Å². The van der Waals surface area contributed by atoms with E-state index < -0.39 is 11.9 Å². The standard InChI is InChI=1S/2C8H17.2C2H4O2.Zn/c2*1-3-5-7-8-6-4-2;2*1-2(3)4;/h2*1,3-8H2,2H3;2*1H3,(H,3,4);. The quantitative estimate of drug-likeness (QED) is 0.243. The number of hydrogen-bond acceptors (Lipinski definition) is 2. The van der Waals surface area contributed by atoms with Crippen LogP contribution in [0.1, 0.15) is 105 Å². The van der Waals surface area contributed by atoms with Crippen molar-refractivity contribution in [3.05, 3.63) is 0 Å². The number of aliphatic carboxylic acids is 2. The Morgan fingerprint density at radius 3 is 1.12 bits per heavy atom. The minimum atomic E-state index is -0.833. The summed E-state index contributed by atoms with van der Waals surface area (Å²) in [6, 6.07) is 0. The third kappa shape index (κ3) is 59.6. The second-order valence-electron chi connectivity index (χ2n) is 6.63. The maximum atomic E-state index is 9.00. The fourth-order valence-corrected chi connectivity index (χ4v) is 6.15. The van der Waals surface area contributed by atoms with Gasteiger partial charge in [-0.25, -0.2) is 0 Å². The van der Waals surface area contributed by atoms with Crippen LogP contribution in [0.25, 0.3) is 0 Å². The van der Waals surface area contributed by atoms with Gasteiger partial charge in [0.05, 0.1) is 0 Å². The zero-order valence-corrected chi connectivity index (χ0v) is 20.3. The van der Waals surface area contributed by atoms with Crippen LogP contribution in [0.15, 0.2) is 0 Å². The summed E-state index contributed by atoms with van der Waals surface area (Å²) in [6.45, 7) is 6.77. The normalized spacial score (nSPS) is 9.12. The molecule has 5 heteroatoms. The van der Waals surface area contributed by atoms with Crippen LogP contribution in [0, 0.1) is 0 Å². The van der Waals surface area contributed by atoms with E-state index in [1.165, 1.54) is 64.2 Å². The van der Waals surface area contributed by atoms with Gasteiger partial charge in [0.2, 0.25) is 0 Å². The Labute approximate surface area is 163 Å². The van der Waals surface area contributed by atoms with E-state index in [1.54, 1.807) is 22.9 Å². The summed E-state index contributed by atoms with van der Waals surface area (Å²) in [4.78, 5) is 18.0. The monoisotopic (exact) mass is 410 g/mol. The fourth-order valence-electron chi connectivity index (χ4n) is 2.44. The molecule has 25 heavy (non-hydrogen) atoms. The third-order valence-electron chi connectivity index (χ3n) is 3.71. The van der Waals surface area contributed by atoms with Gasteiger partial charge in [0.15, 0.2) is 0 Å². The van der Waals surface area contributed by atoms with Crippen LogP contribution >= 0.6 is 0 Å². The number of rotatable bonds is 14.